The molecule has 0 amide bonds. The fourth-order valence-corrected chi connectivity index (χ4v) is 3.72. The molecule has 0 unspecified atom stereocenters. The predicted molar refractivity (Wildman–Crippen MR) is 90.9 cm³/mol. The van der Waals surface area contributed by atoms with Gasteiger partial charge < -0.3 is 5.32 Å². The van der Waals surface area contributed by atoms with Crippen molar-refractivity contribution in [1.82, 2.24) is 10.2 Å². The van der Waals surface area contributed by atoms with Crippen molar-refractivity contribution in [2.24, 2.45) is 5.92 Å². The third-order valence-corrected chi connectivity index (χ3v) is 5.09. The predicted octanol–water partition coefficient (Wildman–Crippen LogP) is 3.60. The number of benzene rings is 1. The topological polar surface area (TPSA) is 15.3 Å². The molecule has 1 N–H and O–H groups in total. The van der Waals surface area contributed by atoms with E-state index in [1.807, 2.05) is 12.1 Å². The Morgan fingerprint density at radius 3 is 2.55 bits per heavy atom. The van der Waals surface area contributed by atoms with Crippen LogP contribution in [0.2, 0.25) is 0 Å². The van der Waals surface area contributed by atoms with Crippen LogP contribution in [0.4, 0.5) is 4.39 Å². The zero-order valence-corrected chi connectivity index (χ0v) is 14.4. The second kappa shape index (κ2) is 7.38. The molecule has 5 heteroatoms. The summed E-state index contributed by atoms with van der Waals surface area (Å²) in [5.74, 6) is 0.613. The van der Waals surface area contributed by atoms with E-state index in [1.165, 1.54) is 19.3 Å². The molecule has 0 aromatic heterocycles. The highest BCUT2D eigenvalue weighted by Gasteiger charge is 2.35. The Morgan fingerprint density at radius 2 is 1.95 bits per heavy atom. The van der Waals surface area contributed by atoms with Crippen molar-refractivity contribution in [2.45, 2.75) is 25.3 Å². The van der Waals surface area contributed by atoms with Crippen LogP contribution in [-0.4, -0.2) is 31.1 Å². The van der Waals surface area contributed by atoms with Crippen LogP contribution in [0.15, 0.2) is 18.2 Å². The molecule has 2 fully saturated rings. The van der Waals surface area contributed by atoms with Gasteiger partial charge in [0.25, 0.3) is 0 Å². The molecule has 2 nitrogen and oxygen atoms in total. The van der Waals surface area contributed by atoms with Crippen molar-refractivity contribution in [3.8, 4) is 0 Å². The Hall–Kier alpha value is 0.0900. The van der Waals surface area contributed by atoms with E-state index in [2.05, 4.69) is 32.8 Å². The fraction of sp³-hybridized carbons (Fsp3) is 0.600. The van der Waals surface area contributed by atoms with Crippen molar-refractivity contribution in [3.63, 3.8) is 0 Å². The molecule has 2 aliphatic rings. The summed E-state index contributed by atoms with van der Waals surface area (Å²) in [5.41, 5.74) is 0.915. The maximum atomic E-state index is 14.2. The highest BCUT2D eigenvalue weighted by molar-refractivity contribution is 14.1. The molecule has 1 saturated heterocycles. The highest BCUT2D eigenvalue weighted by Crippen LogP contribution is 2.42. The summed E-state index contributed by atoms with van der Waals surface area (Å²) >= 11 is 2.28. The van der Waals surface area contributed by atoms with Crippen molar-refractivity contribution in [2.75, 3.05) is 26.2 Å². The number of halogens is 3. The summed E-state index contributed by atoms with van der Waals surface area (Å²) in [7, 11) is 0. The normalized spacial score (nSPS) is 21.9. The Kier molecular flexibility index (Phi) is 6.08. The van der Waals surface area contributed by atoms with E-state index in [0.29, 0.717) is 5.92 Å². The van der Waals surface area contributed by atoms with Crippen LogP contribution in [0.1, 0.15) is 30.9 Å². The second-order valence-corrected chi connectivity index (χ2v) is 6.83. The summed E-state index contributed by atoms with van der Waals surface area (Å²) < 4.78 is 15.4. The maximum absolute atomic E-state index is 14.2. The molecular formula is C15H21ClFIN2. The zero-order valence-electron chi connectivity index (χ0n) is 11.4. The van der Waals surface area contributed by atoms with Crippen LogP contribution in [0.3, 0.4) is 0 Å². The number of nitrogens with one attached hydrogen (secondary N) is 1. The van der Waals surface area contributed by atoms with Crippen LogP contribution in [0, 0.1) is 15.3 Å². The molecule has 1 saturated carbocycles. The molecule has 0 radical (unpaired) electrons. The van der Waals surface area contributed by atoms with Crippen molar-refractivity contribution >= 4 is 35.0 Å². The molecule has 1 aromatic carbocycles. The standard InChI is InChI=1S/C15H20FIN2.ClH/c16-14-5-4-12(17)10-13(14)15(11-2-1-3-11)19-8-6-18-7-9-19;/h4-5,10-11,15,18H,1-3,6-9H2;1H/t15-;/m0./s1. The van der Waals surface area contributed by atoms with Crippen LogP contribution in [0.25, 0.3) is 0 Å². The first-order valence-electron chi connectivity index (χ1n) is 7.15. The third-order valence-electron chi connectivity index (χ3n) is 4.42. The first-order chi connectivity index (χ1) is 9.25. The Bertz CT molecular complexity index is 447. The van der Waals surface area contributed by atoms with Gasteiger partial charge in [0, 0.05) is 41.4 Å². The molecule has 1 heterocycles. The summed E-state index contributed by atoms with van der Waals surface area (Å²) in [6, 6.07) is 5.81. The van der Waals surface area contributed by atoms with Gasteiger partial charge in [-0.05, 0) is 59.5 Å². The fourth-order valence-electron chi connectivity index (χ4n) is 3.21. The minimum Gasteiger partial charge on any atom is -0.314 e. The van der Waals surface area contributed by atoms with Gasteiger partial charge in [-0.2, -0.15) is 0 Å². The lowest BCUT2D eigenvalue weighted by molar-refractivity contribution is 0.0811. The van der Waals surface area contributed by atoms with Crippen LogP contribution in [0.5, 0.6) is 0 Å². The quantitative estimate of drug-likeness (QED) is 0.766. The number of rotatable bonds is 3. The molecule has 0 bridgehead atoms. The van der Waals surface area contributed by atoms with E-state index >= 15 is 0 Å². The molecule has 20 heavy (non-hydrogen) atoms. The highest BCUT2D eigenvalue weighted by atomic mass is 127. The minimum absolute atomic E-state index is 0. The largest absolute Gasteiger partial charge is 0.314 e. The minimum atomic E-state index is -0.0316. The van der Waals surface area contributed by atoms with Gasteiger partial charge in [-0.3, -0.25) is 4.90 Å². The lowest BCUT2D eigenvalue weighted by atomic mass is 9.76. The van der Waals surface area contributed by atoms with E-state index in [1.54, 1.807) is 6.07 Å². The third kappa shape index (κ3) is 3.46. The number of piperazine rings is 1. The van der Waals surface area contributed by atoms with Crippen LogP contribution < -0.4 is 5.32 Å². The van der Waals surface area contributed by atoms with E-state index in [4.69, 9.17) is 0 Å². The molecule has 1 aliphatic heterocycles. The first kappa shape index (κ1) is 16.5. The molecule has 112 valence electrons. The van der Waals surface area contributed by atoms with Gasteiger partial charge in [0.2, 0.25) is 0 Å². The van der Waals surface area contributed by atoms with E-state index in [9.17, 15) is 4.39 Å². The molecule has 1 atom stereocenters. The van der Waals surface area contributed by atoms with Gasteiger partial charge in [-0.1, -0.05) is 6.42 Å². The van der Waals surface area contributed by atoms with Crippen molar-refractivity contribution in [1.29, 1.82) is 0 Å². The number of nitrogens with zero attached hydrogens (tertiary/aromatic N) is 1. The SMILES string of the molecule is Cl.Fc1ccc(I)cc1[C@H](C1CCC1)N1CCNCC1. The monoisotopic (exact) mass is 410 g/mol. The number of hydrogen-bond acceptors (Lipinski definition) is 2. The average Bonchev–Trinajstić information content (AvgIpc) is 2.38. The summed E-state index contributed by atoms with van der Waals surface area (Å²) in [6.07, 6.45) is 3.80. The van der Waals surface area contributed by atoms with Crippen molar-refractivity contribution < 1.29 is 4.39 Å². The van der Waals surface area contributed by atoms with Gasteiger partial charge in [-0.25, -0.2) is 4.39 Å². The van der Waals surface area contributed by atoms with E-state index in [-0.39, 0.29) is 24.3 Å². The lowest BCUT2D eigenvalue weighted by Crippen LogP contribution is -2.48. The number of hydrogen-bond donors (Lipinski definition) is 1. The van der Waals surface area contributed by atoms with Gasteiger partial charge in [0.05, 0.1) is 0 Å². The molecular weight excluding hydrogens is 390 g/mol. The van der Waals surface area contributed by atoms with Crippen LogP contribution in [-0.2, 0) is 0 Å². The molecule has 1 aliphatic carbocycles. The van der Waals surface area contributed by atoms with Gasteiger partial charge >= 0.3 is 0 Å². The smallest absolute Gasteiger partial charge is 0.128 e. The first-order valence-corrected chi connectivity index (χ1v) is 8.23. The summed E-state index contributed by atoms with van der Waals surface area (Å²) in [5, 5.41) is 3.39. The maximum Gasteiger partial charge on any atom is 0.128 e. The zero-order chi connectivity index (χ0) is 13.2. The molecule has 0 spiro atoms. The van der Waals surface area contributed by atoms with Gasteiger partial charge in [0.15, 0.2) is 0 Å². The average molecular weight is 411 g/mol. The van der Waals surface area contributed by atoms with Crippen molar-refractivity contribution in [3.05, 3.63) is 33.1 Å². The lowest BCUT2D eigenvalue weighted by Gasteiger charge is -2.43. The van der Waals surface area contributed by atoms with Gasteiger partial charge in [-0.15, -0.1) is 12.4 Å². The van der Waals surface area contributed by atoms with E-state index in [0.717, 1.165) is 35.3 Å². The van der Waals surface area contributed by atoms with Gasteiger partial charge in [0.1, 0.15) is 5.82 Å². The van der Waals surface area contributed by atoms with E-state index < -0.39 is 0 Å². The summed E-state index contributed by atoms with van der Waals surface area (Å²) in [4.78, 5) is 2.48. The Morgan fingerprint density at radius 1 is 1.25 bits per heavy atom. The second-order valence-electron chi connectivity index (χ2n) is 5.59. The Labute approximate surface area is 140 Å². The van der Waals surface area contributed by atoms with Crippen LogP contribution >= 0.6 is 35.0 Å². The Balaban J connectivity index is 0.00000147. The molecule has 1 aromatic rings. The summed E-state index contributed by atoms with van der Waals surface area (Å²) in [6.45, 7) is 4.11. The molecule has 3 rings (SSSR count).